The molecule has 2 amide bonds. The van der Waals surface area contributed by atoms with E-state index in [-0.39, 0.29) is 24.6 Å². The highest BCUT2D eigenvalue weighted by Crippen LogP contribution is 2.25. The van der Waals surface area contributed by atoms with Crippen LogP contribution >= 0.6 is 11.6 Å². The van der Waals surface area contributed by atoms with Gasteiger partial charge >= 0.3 is 10.2 Å². The van der Waals surface area contributed by atoms with Crippen molar-refractivity contribution in [2.75, 3.05) is 31.5 Å². The molecule has 3 aromatic rings. The van der Waals surface area contributed by atoms with Crippen LogP contribution in [-0.4, -0.2) is 62.7 Å². The molecule has 1 atom stereocenters. The summed E-state index contributed by atoms with van der Waals surface area (Å²) in [6, 6.07) is 20.4. The molecule has 0 radical (unpaired) electrons. The van der Waals surface area contributed by atoms with Crippen molar-refractivity contribution in [3.8, 4) is 0 Å². The molecule has 11 heteroatoms. The van der Waals surface area contributed by atoms with Gasteiger partial charge < -0.3 is 10.2 Å². The van der Waals surface area contributed by atoms with Crippen LogP contribution < -0.4 is 9.62 Å². The molecular weight excluding hydrogens is 555 g/mol. The van der Waals surface area contributed by atoms with Gasteiger partial charge in [-0.25, -0.2) is 8.70 Å². The number of nitrogens with one attached hydrogen (secondary N) is 1. The van der Waals surface area contributed by atoms with Gasteiger partial charge in [0.05, 0.1) is 5.69 Å². The van der Waals surface area contributed by atoms with Gasteiger partial charge in [-0.2, -0.15) is 12.7 Å². The minimum atomic E-state index is -4.29. The van der Waals surface area contributed by atoms with E-state index in [0.29, 0.717) is 27.9 Å². The van der Waals surface area contributed by atoms with E-state index in [2.05, 4.69) is 5.32 Å². The van der Waals surface area contributed by atoms with Gasteiger partial charge in [-0.3, -0.25) is 9.59 Å². The molecule has 0 fully saturated rings. The van der Waals surface area contributed by atoms with Crippen molar-refractivity contribution >= 4 is 39.3 Å². The predicted molar refractivity (Wildman–Crippen MR) is 156 cm³/mol. The van der Waals surface area contributed by atoms with Crippen LogP contribution in [0.15, 0.2) is 78.9 Å². The van der Waals surface area contributed by atoms with E-state index in [4.69, 9.17) is 11.6 Å². The molecule has 0 unspecified atom stereocenters. The second kappa shape index (κ2) is 14.2. The molecule has 0 heterocycles. The summed E-state index contributed by atoms with van der Waals surface area (Å²) in [5.74, 6) is -1.89. The monoisotopic (exact) mass is 588 g/mol. The third-order valence-electron chi connectivity index (χ3n) is 6.26. The van der Waals surface area contributed by atoms with Crippen LogP contribution in [0.1, 0.15) is 24.5 Å². The molecular formula is C29H34ClFN4O4S. The van der Waals surface area contributed by atoms with Crippen LogP contribution in [0.4, 0.5) is 10.1 Å². The number of hydrogen-bond acceptors (Lipinski definition) is 4. The Kier molecular flexibility index (Phi) is 11.1. The van der Waals surface area contributed by atoms with Crippen LogP contribution in [-0.2, 0) is 32.8 Å². The lowest BCUT2D eigenvalue weighted by atomic mass is 10.0. The van der Waals surface area contributed by atoms with Crippen molar-refractivity contribution in [3.63, 3.8) is 0 Å². The highest BCUT2D eigenvalue weighted by atomic mass is 35.5. The molecule has 40 heavy (non-hydrogen) atoms. The SMILES string of the molecule is CCCNC(=O)[C@H](Cc1ccccc1)N(Cc1ccccc1Cl)C(=O)CN(c1ccccc1F)S(=O)(=O)N(C)C. The average Bonchev–Trinajstić information content (AvgIpc) is 2.94. The zero-order valence-electron chi connectivity index (χ0n) is 22.8. The quantitative estimate of drug-likeness (QED) is 0.323. The van der Waals surface area contributed by atoms with E-state index in [1.54, 1.807) is 24.3 Å². The van der Waals surface area contributed by atoms with Crippen molar-refractivity contribution in [2.45, 2.75) is 32.4 Å². The Morgan fingerprint density at radius 1 is 0.950 bits per heavy atom. The summed E-state index contributed by atoms with van der Waals surface area (Å²) >= 11 is 6.44. The number of rotatable bonds is 13. The minimum Gasteiger partial charge on any atom is -0.354 e. The number of carbonyl (C=O) groups is 2. The first-order valence-electron chi connectivity index (χ1n) is 12.9. The van der Waals surface area contributed by atoms with Gasteiger partial charge in [0.25, 0.3) is 0 Å². The summed E-state index contributed by atoms with van der Waals surface area (Å²) in [5.41, 5.74) is 1.10. The van der Waals surface area contributed by atoms with Crippen molar-refractivity contribution in [3.05, 3.63) is 101 Å². The van der Waals surface area contributed by atoms with E-state index in [1.165, 1.54) is 37.2 Å². The van der Waals surface area contributed by atoms with Crippen LogP contribution in [0.3, 0.4) is 0 Å². The number of halogens is 2. The van der Waals surface area contributed by atoms with Crippen molar-refractivity contribution in [1.82, 2.24) is 14.5 Å². The van der Waals surface area contributed by atoms with E-state index in [1.807, 2.05) is 37.3 Å². The Balaban J connectivity index is 2.10. The summed E-state index contributed by atoms with van der Waals surface area (Å²) in [4.78, 5) is 28.9. The molecule has 0 saturated heterocycles. The molecule has 0 aliphatic heterocycles. The lowest BCUT2D eigenvalue weighted by Crippen LogP contribution is -2.54. The summed E-state index contributed by atoms with van der Waals surface area (Å²) in [6.45, 7) is 1.51. The second-order valence-electron chi connectivity index (χ2n) is 9.36. The molecule has 8 nitrogen and oxygen atoms in total. The molecule has 0 spiro atoms. The number of hydrogen-bond donors (Lipinski definition) is 1. The maximum Gasteiger partial charge on any atom is 0.304 e. The molecule has 214 valence electrons. The molecule has 3 rings (SSSR count). The zero-order valence-corrected chi connectivity index (χ0v) is 24.3. The van der Waals surface area contributed by atoms with Gasteiger partial charge in [-0.15, -0.1) is 0 Å². The first kappa shape index (κ1) is 31.1. The summed E-state index contributed by atoms with van der Waals surface area (Å²) in [6.07, 6.45) is 0.858. The van der Waals surface area contributed by atoms with Crippen LogP contribution in [0.5, 0.6) is 0 Å². The molecule has 0 bridgehead atoms. The van der Waals surface area contributed by atoms with Gasteiger partial charge in [0.1, 0.15) is 18.4 Å². The van der Waals surface area contributed by atoms with Gasteiger partial charge in [-0.05, 0) is 35.7 Å². The third-order valence-corrected chi connectivity index (χ3v) is 8.43. The highest BCUT2D eigenvalue weighted by Gasteiger charge is 2.35. The number of nitrogens with zero attached hydrogens (tertiary/aromatic N) is 3. The zero-order chi connectivity index (χ0) is 29.3. The normalized spacial score (nSPS) is 12.2. The first-order chi connectivity index (χ1) is 19.1. The van der Waals surface area contributed by atoms with E-state index < -0.39 is 34.5 Å². The average molecular weight is 589 g/mol. The Morgan fingerprint density at radius 3 is 2.20 bits per heavy atom. The van der Waals surface area contributed by atoms with Crippen molar-refractivity contribution in [2.24, 2.45) is 0 Å². The highest BCUT2D eigenvalue weighted by molar-refractivity contribution is 7.90. The molecule has 3 aromatic carbocycles. The second-order valence-corrected chi connectivity index (χ2v) is 11.8. The maximum atomic E-state index is 14.9. The fourth-order valence-electron chi connectivity index (χ4n) is 4.09. The lowest BCUT2D eigenvalue weighted by Gasteiger charge is -2.34. The number of para-hydroxylation sites is 1. The van der Waals surface area contributed by atoms with Gasteiger partial charge in [0.2, 0.25) is 11.8 Å². The number of benzene rings is 3. The topological polar surface area (TPSA) is 90.0 Å². The van der Waals surface area contributed by atoms with Gasteiger partial charge in [0.15, 0.2) is 0 Å². The number of amides is 2. The van der Waals surface area contributed by atoms with Gasteiger partial charge in [-0.1, -0.05) is 79.2 Å². The van der Waals surface area contributed by atoms with E-state index in [9.17, 15) is 22.4 Å². The summed E-state index contributed by atoms with van der Waals surface area (Å²) in [7, 11) is -1.70. The Morgan fingerprint density at radius 2 is 1.57 bits per heavy atom. The largest absolute Gasteiger partial charge is 0.354 e. The molecule has 0 aliphatic carbocycles. The Bertz CT molecular complexity index is 1410. The number of anilines is 1. The standard InChI is InChI=1S/C29H34ClFN4O4S/c1-4-18-32-29(37)27(19-22-12-6-5-7-13-22)34(20-23-14-8-9-15-24(23)30)28(36)21-35(40(38,39)33(2)3)26-17-11-10-16-25(26)31/h5-17,27H,4,18-21H2,1-3H3,(H,32,37)/t27-/m0/s1. The lowest BCUT2D eigenvalue weighted by molar-refractivity contribution is -0.140. The molecule has 0 aliphatic rings. The minimum absolute atomic E-state index is 0.0668. The van der Waals surface area contributed by atoms with Crippen LogP contribution in [0, 0.1) is 5.82 Å². The fraction of sp³-hybridized carbons (Fsp3) is 0.310. The Labute approximate surface area is 240 Å². The van der Waals surface area contributed by atoms with E-state index >= 15 is 0 Å². The molecule has 0 aromatic heterocycles. The van der Waals surface area contributed by atoms with Gasteiger partial charge in [0, 0.05) is 38.6 Å². The predicted octanol–water partition coefficient (Wildman–Crippen LogP) is 4.26. The maximum absolute atomic E-state index is 14.9. The summed E-state index contributed by atoms with van der Waals surface area (Å²) in [5, 5.41) is 3.25. The molecule has 0 saturated carbocycles. The van der Waals surface area contributed by atoms with Crippen LogP contribution in [0.2, 0.25) is 5.02 Å². The smallest absolute Gasteiger partial charge is 0.304 e. The fourth-order valence-corrected chi connectivity index (χ4v) is 5.35. The molecule has 1 N–H and O–H groups in total. The van der Waals surface area contributed by atoms with Crippen molar-refractivity contribution in [1.29, 1.82) is 0 Å². The Hall–Kier alpha value is -3.47. The van der Waals surface area contributed by atoms with Crippen LogP contribution in [0.25, 0.3) is 0 Å². The third kappa shape index (κ3) is 7.80. The summed E-state index contributed by atoms with van der Waals surface area (Å²) < 4.78 is 43.1. The van der Waals surface area contributed by atoms with E-state index in [0.717, 1.165) is 15.9 Å². The first-order valence-corrected chi connectivity index (χ1v) is 14.6. The van der Waals surface area contributed by atoms with Crippen molar-refractivity contribution < 1.29 is 22.4 Å². The number of carbonyl (C=O) groups excluding carboxylic acids is 2.